The second-order valence-corrected chi connectivity index (χ2v) is 5.09. The lowest BCUT2D eigenvalue weighted by Gasteiger charge is -2.29. The monoisotopic (exact) mass is 303 g/mol. The van der Waals surface area contributed by atoms with Gasteiger partial charge in [-0.05, 0) is 25.0 Å². The van der Waals surface area contributed by atoms with Gasteiger partial charge in [0.05, 0.1) is 17.7 Å². The Morgan fingerprint density at radius 2 is 1.76 bits per heavy atom. The molecular weight excluding hydrogens is 283 g/mol. The SMILES string of the molecule is CCC(CC)(CO)CNC(=O)c1ccccc1C(F)(F)F. The average molecular weight is 303 g/mol. The van der Waals surface area contributed by atoms with E-state index in [1.54, 1.807) is 0 Å². The molecule has 6 heteroatoms. The van der Waals surface area contributed by atoms with Crippen molar-refractivity contribution in [3.8, 4) is 0 Å². The van der Waals surface area contributed by atoms with Gasteiger partial charge in [0.1, 0.15) is 0 Å². The highest BCUT2D eigenvalue weighted by Gasteiger charge is 2.35. The molecular formula is C15H20F3NO2. The van der Waals surface area contributed by atoms with Crippen LogP contribution in [0.2, 0.25) is 0 Å². The molecule has 1 aromatic rings. The van der Waals surface area contributed by atoms with Gasteiger partial charge < -0.3 is 10.4 Å². The van der Waals surface area contributed by atoms with Gasteiger partial charge in [-0.1, -0.05) is 26.0 Å². The Balaban J connectivity index is 2.91. The van der Waals surface area contributed by atoms with Gasteiger partial charge in [-0.3, -0.25) is 4.79 Å². The molecule has 0 unspecified atom stereocenters. The van der Waals surface area contributed by atoms with Crippen molar-refractivity contribution in [2.24, 2.45) is 5.41 Å². The molecule has 21 heavy (non-hydrogen) atoms. The fourth-order valence-electron chi connectivity index (χ4n) is 2.07. The number of hydrogen-bond acceptors (Lipinski definition) is 2. The van der Waals surface area contributed by atoms with Gasteiger partial charge in [-0.15, -0.1) is 0 Å². The number of rotatable bonds is 6. The number of carbonyl (C=O) groups excluding carboxylic acids is 1. The molecule has 0 spiro atoms. The third-order valence-electron chi connectivity index (χ3n) is 3.94. The summed E-state index contributed by atoms with van der Waals surface area (Å²) in [6.45, 7) is 3.76. The smallest absolute Gasteiger partial charge is 0.396 e. The Morgan fingerprint density at radius 1 is 1.19 bits per heavy atom. The molecule has 3 nitrogen and oxygen atoms in total. The summed E-state index contributed by atoms with van der Waals surface area (Å²) in [4.78, 5) is 12.0. The highest BCUT2D eigenvalue weighted by molar-refractivity contribution is 5.95. The Labute approximate surface area is 122 Å². The molecule has 0 saturated carbocycles. The first-order chi connectivity index (χ1) is 9.79. The molecule has 0 radical (unpaired) electrons. The van der Waals surface area contributed by atoms with E-state index < -0.39 is 28.6 Å². The molecule has 0 saturated heterocycles. The van der Waals surface area contributed by atoms with Gasteiger partial charge in [0.25, 0.3) is 5.91 Å². The van der Waals surface area contributed by atoms with Gasteiger partial charge in [0, 0.05) is 12.0 Å². The molecule has 2 N–H and O–H groups in total. The van der Waals surface area contributed by atoms with Gasteiger partial charge >= 0.3 is 6.18 Å². The minimum Gasteiger partial charge on any atom is -0.396 e. The van der Waals surface area contributed by atoms with Gasteiger partial charge in [0.2, 0.25) is 0 Å². The lowest BCUT2D eigenvalue weighted by atomic mass is 9.83. The van der Waals surface area contributed by atoms with Crippen LogP contribution in [0, 0.1) is 5.41 Å². The number of carbonyl (C=O) groups is 1. The Bertz CT molecular complexity index is 474. The van der Waals surface area contributed by atoms with E-state index in [0.717, 1.165) is 12.1 Å². The Kier molecular flexibility index (Phi) is 5.78. The van der Waals surface area contributed by atoms with Crippen molar-refractivity contribution in [1.82, 2.24) is 5.32 Å². The van der Waals surface area contributed by atoms with E-state index in [0.29, 0.717) is 12.8 Å². The second kappa shape index (κ2) is 6.93. The van der Waals surface area contributed by atoms with Crippen LogP contribution in [0.4, 0.5) is 13.2 Å². The zero-order valence-electron chi connectivity index (χ0n) is 12.1. The molecule has 1 amide bonds. The second-order valence-electron chi connectivity index (χ2n) is 5.09. The zero-order chi connectivity index (χ0) is 16.1. The lowest BCUT2D eigenvalue weighted by molar-refractivity contribution is -0.137. The molecule has 0 aliphatic heterocycles. The van der Waals surface area contributed by atoms with Gasteiger partial charge in [0.15, 0.2) is 0 Å². The third-order valence-corrected chi connectivity index (χ3v) is 3.94. The van der Waals surface area contributed by atoms with E-state index in [1.165, 1.54) is 12.1 Å². The van der Waals surface area contributed by atoms with Crippen molar-refractivity contribution in [3.63, 3.8) is 0 Å². The first-order valence-corrected chi connectivity index (χ1v) is 6.85. The largest absolute Gasteiger partial charge is 0.417 e. The van der Waals surface area contributed by atoms with Crippen molar-refractivity contribution in [2.75, 3.05) is 13.2 Å². The predicted molar refractivity (Wildman–Crippen MR) is 73.9 cm³/mol. The van der Waals surface area contributed by atoms with Crippen molar-refractivity contribution in [2.45, 2.75) is 32.9 Å². The highest BCUT2D eigenvalue weighted by atomic mass is 19.4. The zero-order valence-corrected chi connectivity index (χ0v) is 12.1. The molecule has 0 heterocycles. The molecule has 118 valence electrons. The number of nitrogens with one attached hydrogen (secondary N) is 1. The summed E-state index contributed by atoms with van der Waals surface area (Å²) < 4.78 is 38.6. The Hall–Kier alpha value is -1.56. The highest BCUT2D eigenvalue weighted by Crippen LogP contribution is 2.32. The molecule has 0 aliphatic carbocycles. The topological polar surface area (TPSA) is 49.3 Å². The number of halogens is 3. The summed E-state index contributed by atoms with van der Waals surface area (Å²) in [5.74, 6) is -0.775. The first kappa shape index (κ1) is 17.5. The minimum atomic E-state index is -4.57. The van der Waals surface area contributed by atoms with Crippen LogP contribution in [0.25, 0.3) is 0 Å². The predicted octanol–water partition coefficient (Wildman–Crippen LogP) is 3.23. The van der Waals surface area contributed by atoms with Crippen LogP contribution >= 0.6 is 0 Å². The van der Waals surface area contributed by atoms with Crippen molar-refractivity contribution < 1.29 is 23.1 Å². The lowest BCUT2D eigenvalue weighted by Crippen LogP contribution is -2.39. The maximum Gasteiger partial charge on any atom is 0.417 e. The van der Waals surface area contributed by atoms with E-state index >= 15 is 0 Å². The van der Waals surface area contributed by atoms with Gasteiger partial charge in [-0.2, -0.15) is 13.2 Å². The Morgan fingerprint density at radius 3 is 2.24 bits per heavy atom. The molecule has 0 aliphatic rings. The fourth-order valence-corrected chi connectivity index (χ4v) is 2.07. The van der Waals surface area contributed by atoms with Crippen molar-refractivity contribution in [3.05, 3.63) is 35.4 Å². The summed E-state index contributed by atoms with van der Waals surface area (Å²) in [7, 11) is 0. The summed E-state index contributed by atoms with van der Waals surface area (Å²) in [6.07, 6.45) is -3.32. The number of benzene rings is 1. The van der Waals surface area contributed by atoms with Crippen LogP contribution in [0.3, 0.4) is 0 Å². The molecule has 0 fully saturated rings. The minimum absolute atomic E-state index is 0.124. The van der Waals surface area contributed by atoms with Crippen LogP contribution in [0.5, 0.6) is 0 Å². The van der Waals surface area contributed by atoms with E-state index in [1.807, 2.05) is 13.8 Å². The summed E-state index contributed by atoms with van der Waals surface area (Å²) >= 11 is 0. The number of alkyl halides is 3. The van der Waals surface area contributed by atoms with E-state index in [2.05, 4.69) is 5.32 Å². The molecule has 1 aromatic carbocycles. The number of hydrogen-bond donors (Lipinski definition) is 2. The van der Waals surface area contributed by atoms with E-state index in [-0.39, 0.29) is 13.2 Å². The summed E-state index contributed by atoms with van der Waals surface area (Å²) in [6, 6.07) is 4.67. The van der Waals surface area contributed by atoms with Crippen LogP contribution in [-0.2, 0) is 6.18 Å². The van der Waals surface area contributed by atoms with Crippen LogP contribution < -0.4 is 5.32 Å². The quantitative estimate of drug-likeness (QED) is 0.847. The van der Waals surface area contributed by atoms with Crippen molar-refractivity contribution in [1.29, 1.82) is 0 Å². The molecule has 0 atom stereocenters. The number of aliphatic hydroxyl groups is 1. The van der Waals surface area contributed by atoms with Crippen molar-refractivity contribution >= 4 is 5.91 Å². The maximum atomic E-state index is 12.9. The van der Waals surface area contributed by atoms with Crippen LogP contribution in [-0.4, -0.2) is 24.2 Å². The molecule has 0 aromatic heterocycles. The fraction of sp³-hybridized carbons (Fsp3) is 0.533. The summed E-state index contributed by atoms with van der Waals surface area (Å²) in [5, 5.41) is 11.9. The molecule has 1 rings (SSSR count). The van der Waals surface area contributed by atoms with Crippen LogP contribution in [0.15, 0.2) is 24.3 Å². The normalized spacial score (nSPS) is 12.3. The number of amides is 1. The summed E-state index contributed by atoms with van der Waals surface area (Å²) in [5.41, 5.74) is -1.85. The number of aliphatic hydroxyl groups excluding tert-OH is 1. The third kappa shape index (κ3) is 4.20. The van der Waals surface area contributed by atoms with Crippen LogP contribution in [0.1, 0.15) is 42.6 Å². The standard InChI is InChI=1S/C15H20F3NO2/c1-3-14(4-2,10-20)9-19-13(21)11-7-5-6-8-12(11)15(16,17)18/h5-8,20H,3-4,9-10H2,1-2H3,(H,19,21). The van der Waals surface area contributed by atoms with E-state index in [4.69, 9.17) is 0 Å². The van der Waals surface area contributed by atoms with Gasteiger partial charge in [-0.25, -0.2) is 0 Å². The molecule has 0 bridgehead atoms. The first-order valence-electron chi connectivity index (χ1n) is 6.85. The van der Waals surface area contributed by atoms with E-state index in [9.17, 15) is 23.1 Å². The maximum absolute atomic E-state index is 12.9. The average Bonchev–Trinajstić information content (AvgIpc) is 2.48.